The average molecular weight is 325 g/mol. The van der Waals surface area contributed by atoms with E-state index in [2.05, 4.69) is 4.98 Å². The van der Waals surface area contributed by atoms with Gasteiger partial charge in [-0.15, -0.1) is 0 Å². The number of aromatic nitrogens is 1. The van der Waals surface area contributed by atoms with E-state index in [1.54, 1.807) is 17.0 Å². The Morgan fingerprint density at radius 1 is 1.08 bits per heavy atom. The summed E-state index contributed by atoms with van der Waals surface area (Å²) in [7, 11) is 0. The van der Waals surface area contributed by atoms with Crippen LogP contribution in [0.1, 0.15) is 23.2 Å². The molecule has 124 valence electrons. The third-order valence-electron chi connectivity index (χ3n) is 4.13. The van der Waals surface area contributed by atoms with Gasteiger partial charge in [0.1, 0.15) is 5.75 Å². The number of para-hydroxylation sites is 1. The topological polar surface area (TPSA) is 85.5 Å². The van der Waals surface area contributed by atoms with Crippen LogP contribution >= 0.6 is 0 Å². The second-order valence-corrected chi connectivity index (χ2v) is 5.77. The molecule has 0 atom stereocenters. The molecule has 0 spiro atoms. The third kappa shape index (κ3) is 3.71. The summed E-state index contributed by atoms with van der Waals surface area (Å²) in [6.07, 6.45) is 2.74. The predicted octanol–water partition coefficient (Wildman–Crippen LogP) is 2.21. The van der Waals surface area contributed by atoms with Gasteiger partial charge in [-0.3, -0.25) is 9.59 Å². The van der Waals surface area contributed by atoms with E-state index >= 15 is 0 Å². The number of nitrogens with zero attached hydrogens (tertiary/aromatic N) is 2. The first-order valence-electron chi connectivity index (χ1n) is 7.91. The Morgan fingerprint density at radius 3 is 2.38 bits per heavy atom. The van der Waals surface area contributed by atoms with Gasteiger partial charge in [0, 0.05) is 31.3 Å². The van der Waals surface area contributed by atoms with Crippen molar-refractivity contribution in [3.8, 4) is 11.6 Å². The lowest BCUT2D eigenvalue weighted by Gasteiger charge is -2.30. The lowest BCUT2D eigenvalue weighted by molar-refractivity contribution is -0.123. The van der Waals surface area contributed by atoms with E-state index < -0.39 is 0 Å². The molecule has 2 aromatic rings. The monoisotopic (exact) mass is 325 g/mol. The Bertz CT molecular complexity index is 708. The first kappa shape index (κ1) is 16.0. The SMILES string of the molecule is NC(=O)C1CCN(C(=O)c2ccc(Oc3ccccc3)nc2)CC1. The van der Waals surface area contributed by atoms with Crippen LogP contribution in [0.2, 0.25) is 0 Å². The molecule has 1 aliphatic heterocycles. The van der Waals surface area contributed by atoms with Crippen molar-refractivity contribution in [1.82, 2.24) is 9.88 Å². The van der Waals surface area contributed by atoms with Crippen molar-refractivity contribution in [3.63, 3.8) is 0 Å². The lowest BCUT2D eigenvalue weighted by atomic mass is 9.96. The third-order valence-corrected chi connectivity index (χ3v) is 4.13. The highest BCUT2D eigenvalue weighted by Crippen LogP contribution is 2.21. The summed E-state index contributed by atoms with van der Waals surface area (Å²) in [5.74, 6) is 0.625. The summed E-state index contributed by atoms with van der Waals surface area (Å²) in [4.78, 5) is 29.6. The molecule has 0 saturated carbocycles. The largest absolute Gasteiger partial charge is 0.439 e. The molecular formula is C18H19N3O3. The zero-order chi connectivity index (χ0) is 16.9. The summed E-state index contributed by atoms with van der Waals surface area (Å²) in [5.41, 5.74) is 5.82. The molecule has 2 N–H and O–H groups in total. The van der Waals surface area contributed by atoms with Gasteiger partial charge < -0.3 is 15.4 Å². The number of amides is 2. The fourth-order valence-electron chi connectivity index (χ4n) is 2.73. The van der Waals surface area contributed by atoms with Gasteiger partial charge in [0.05, 0.1) is 5.56 Å². The number of piperidine rings is 1. The highest BCUT2D eigenvalue weighted by molar-refractivity contribution is 5.94. The van der Waals surface area contributed by atoms with E-state index in [-0.39, 0.29) is 17.7 Å². The first-order chi connectivity index (χ1) is 11.6. The summed E-state index contributed by atoms with van der Waals surface area (Å²) in [6, 6.07) is 12.7. The highest BCUT2D eigenvalue weighted by Gasteiger charge is 2.26. The second kappa shape index (κ2) is 7.12. The molecule has 3 rings (SSSR count). The van der Waals surface area contributed by atoms with Crippen LogP contribution in [0.5, 0.6) is 11.6 Å². The highest BCUT2D eigenvalue weighted by atomic mass is 16.5. The van der Waals surface area contributed by atoms with Gasteiger partial charge in [-0.05, 0) is 31.0 Å². The van der Waals surface area contributed by atoms with E-state index in [1.165, 1.54) is 6.20 Å². The average Bonchev–Trinajstić information content (AvgIpc) is 2.63. The Morgan fingerprint density at radius 2 is 1.79 bits per heavy atom. The van der Waals surface area contributed by atoms with Crippen molar-refractivity contribution in [2.75, 3.05) is 13.1 Å². The Kier molecular flexibility index (Phi) is 4.74. The number of carbonyl (C=O) groups excluding carboxylic acids is 2. The Hall–Kier alpha value is -2.89. The molecule has 24 heavy (non-hydrogen) atoms. The molecule has 2 heterocycles. The van der Waals surface area contributed by atoms with Crippen molar-refractivity contribution < 1.29 is 14.3 Å². The molecule has 0 aliphatic carbocycles. The van der Waals surface area contributed by atoms with Crippen LogP contribution in [-0.4, -0.2) is 34.8 Å². The predicted molar refractivity (Wildman–Crippen MR) is 88.6 cm³/mol. The van der Waals surface area contributed by atoms with E-state index in [0.717, 1.165) is 0 Å². The van der Waals surface area contributed by atoms with Gasteiger partial charge in [0.2, 0.25) is 11.8 Å². The van der Waals surface area contributed by atoms with Crippen molar-refractivity contribution in [2.45, 2.75) is 12.8 Å². The van der Waals surface area contributed by atoms with Gasteiger partial charge in [-0.25, -0.2) is 4.98 Å². The smallest absolute Gasteiger partial charge is 0.255 e. The number of rotatable bonds is 4. The minimum atomic E-state index is -0.286. The molecule has 1 aromatic heterocycles. The maximum Gasteiger partial charge on any atom is 0.255 e. The molecule has 1 aliphatic rings. The summed E-state index contributed by atoms with van der Waals surface area (Å²) in [6.45, 7) is 1.07. The number of benzene rings is 1. The zero-order valence-corrected chi connectivity index (χ0v) is 13.2. The maximum atomic E-state index is 12.5. The number of primary amides is 1. The molecule has 1 saturated heterocycles. The molecule has 0 bridgehead atoms. The van der Waals surface area contributed by atoms with Crippen LogP contribution in [0.25, 0.3) is 0 Å². The van der Waals surface area contributed by atoms with Crippen LogP contribution in [0.15, 0.2) is 48.7 Å². The molecule has 0 radical (unpaired) electrons. The maximum absolute atomic E-state index is 12.5. The van der Waals surface area contributed by atoms with Gasteiger partial charge >= 0.3 is 0 Å². The Labute approximate surface area is 140 Å². The number of hydrogen-bond acceptors (Lipinski definition) is 4. The molecule has 1 aromatic carbocycles. The molecular weight excluding hydrogens is 306 g/mol. The number of carbonyl (C=O) groups is 2. The quantitative estimate of drug-likeness (QED) is 0.934. The number of ether oxygens (including phenoxy) is 1. The fourth-order valence-corrected chi connectivity index (χ4v) is 2.73. The van der Waals surface area contributed by atoms with E-state index in [4.69, 9.17) is 10.5 Å². The number of likely N-dealkylation sites (tertiary alicyclic amines) is 1. The lowest BCUT2D eigenvalue weighted by Crippen LogP contribution is -2.41. The summed E-state index contributed by atoms with van der Waals surface area (Å²) >= 11 is 0. The van der Waals surface area contributed by atoms with Crippen molar-refractivity contribution in [3.05, 3.63) is 54.2 Å². The van der Waals surface area contributed by atoms with Crippen LogP contribution in [0.3, 0.4) is 0 Å². The van der Waals surface area contributed by atoms with Crippen LogP contribution in [0, 0.1) is 5.92 Å². The van der Waals surface area contributed by atoms with Crippen molar-refractivity contribution >= 4 is 11.8 Å². The summed E-state index contributed by atoms with van der Waals surface area (Å²) < 4.78 is 5.61. The van der Waals surface area contributed by atoms with Gasteiger partial charge in [0.15, 0.2) is 0 Å². The fraction of sp³-hybridized carbons (Fsp3) is 0.278. The second-order valence-electron chi connectivity index (χ2n) is 5.77. The van der Waals surface area contributed by atoms with Crippen molar-refractivity contribution in [2.24, 2.45) is 11.7 Å². The zero-order valence-electron chi connectivity index (χ0n) is 13.2. The molecule has 6 nitrogen and oxygen atoms in total. The minimum Gasteiger partial charge on any atom is -0.439 e. The summed E-state index contributed by atoms with van der Waals surface area (Å²) in [5, 5.41) is 0. The Balaban J connectivity index is 1.61. The normalized spacial score (nSPS) is 15.1. The number of pyridine rings is 1. The van der Waals surface area contributed by atoms with Gasteiger partial charge in [-0.2, -0.15) is 0 Å². The van der Waals surface area contributed by atoms with Crippen LogP contribution < -0.4 is 10.5 Å². The minimum absolute atomic E-state index is 0.0864. The van der Waals surface area contributed by atoms with Crippen LogP contribution in [-0.2, 0) is 4.79 Å². The number of hydrogen-bond donors (Lipinski definition) is 1. The van der Waals surface area contributed by atoms with E-state index in [1.807, 2.05) is 30.3 Å². The van der Waals surface area contributed by atoms with Gasteiger partial charge in [-0.1, -0.05) is 18.2 Å². The van der Waals surface area contributed by atoms with E-state index in [9.17, 15) is 9.59 Å². The standard InChI is InChI=1S/C18H19N3O3/c19-17(22)13-8-10-21(11-9-13)18(23)14-6-7-16(20-12-14)24-15-4-2-1-3-5-15/h1-7,12-13H,8-11H2,(H2,19,22). The molecule has 0 unspecified atom stereocenters. The molecule has 6 heteroatoms. The van der Waals surface area contributed by atoms with Gasteiger partial charge in [0.25, 0.3) is 5.91 Å². The molecule has 2 amide bonds. The first-order valence-corrected chi connectivity index (χ1v) is 7.91. The van der Waals surface area contributed by atoms with Crippen molar-refractivity contribution in [1.29, 1.82) is 0 Å². The van der Waals surface area contributed by atoms with E-state index in [0.29, 0.717) is 43.1 Å². The van der Waals surface area contributed by atoms with Crippen LogP contribution in [0.4, 0.5) is 0 Å². The number of nitrogens with two attached hydrogens (primary N) is 1. The molecule has 1 fully saturated rings.